The van der Waals surface area contributed by atoms with Crippen molar-refractivity contribution >= 4 is 6.08 Å². The molecule has 0 saturated carbocycles. The normalized spacial score (nSPS) is 11.2. The van der Waals surface area contributed by atoms with Crippen LogP contribution in [0, 0.1) is 0 Å². The number of aromatic nitrogens is 2. The minimum Gasteiger partial charge on any atom is -0.345 e. The third kappa shape index (κ3) is 4.48. The lowest BCUT2D eigenvalue weighted by molar-refractivity contribution is 0.696. The molecule has 0 bridgehead atoms. The monoisotopic (exact) mass is 179 g/mol. The summed E-state index contributed by atoms with van der Waals surface area (Å²) in [5.41, 5.74) is 6.46. The molecule has 3 nitrogen and oxygen atoms in total. The number of H-pyrrole nitrogens is 1. The van der Waals surface area contributed by atoms with Crippen LogP contribution in [0.3, 0.4) is 0 Å². The van der Waals surface area contributed by atoms with Gasteiger partial charge in [0.1, 0.15) is 0 Å². The number of rotatable bonds is 6. The lowest BCUT2D eigenvalue weighted by Gasteiger charge is -1.93. The molecule has 13 heavy (non-hydrogen) atoms. The predicted molar refractivity (Wildman–Crippen MR) is 55.1 cm³/mol. The first-order valence-corrected chi connectivity index (χ1v) is 4.78. The fraction of sp³-hybridized carbons (Fsp3) is 0.500. The molecule has 0 aliphatic carbocycles. The Labute approximate surface area is 79.1 Å². The minimum absolute atomic E-state index is 0.810. The van der Waals surface area contributed by atoms with Gasteiger partial charge in [0.05, 0.1) is 18.2 Å². The molecule has 0 radical (unpaired) electrons. The van der Waals surface area contributed by atoms with E-state index in [2.05, 4.69) is 22.1 Å². The van der Waals surface area contributed by atoms with Crippen LogP contribution < -0.4 is 5.73 Å². The van der Waals surface area contributed by atoms with Crippen LogP contribution in [0.2, 0.25) is 0 Å². The van der Waals surface area contributed by atoms with Gasteiger partial charge in [0.25, 0.3) is 0 Å². The highest BCUT2D eigenvalue weighted by Gasteiger charge is 1.86. The van der Waals surface area contributed by atoms with Crippen molar-refractivity contribution in [1.29, 1.82) is 0 Å². The van der Waals surface area contributed by atoms with Gasteiger partial charge < -0.3 is 10.7 Å². The summed E-state index contributed by atoms with van der Waals surface area (Å²) in [6.45, 7) is 0.810. The van der Waals surface area contributed by atoms with Crippen LogP contribution >= 0.6 is 0 Å². The van der Waals surface area contributed by atoms with Gasteiger partial charge >= 0.3 is 0 Å². The van der Waals surface area contributed by atoms with E-state index in [1.807, 2.05) is 6.20 Å². The van der Waals surface area contributed by atoms with Gasteiger partial charge in [-0.1, -0.05) is 12.5 Å². The van der Waals surface area contributed by atoms with Gasteiger partial charge in [-0.15, -0.1) is 0 Å². The fourth-order valence-corrected chi connectivity index (χ4v) is 1.15. The van der Waals surface area contributed by atoms with Gasteiger partial charge in [-0.25, -0.2) is 4.98 Å². The van der Waals surface area contributed by atoms with Crippen molar-refractivity contribution in [2.75, 3.05) is 6.54 Å². The van der Waals surface area contributed by atoms with Crippen molar-refractivity contribution in [3.05, 3.63) is 24.3 Å². The lowest BCUT2D eigenvalue weighted by atomic mass is 10.2. The van der Waals surface area contributed by atoms with Crippen molar-refractivity contribution in [2.45, 2.75) is 25.7 Å². The Balaban J connectivity index is 2.05. The number of hydrogen-bond acceptors (Lipinski definition) is 2. The number of unbranched alkanes of at least 4 members (excludes halogenated alkanes) is 3. The Morgan fingerprint density at radius 2 is 2.31 bits per heavy atom. The molecular formula is C10H17N3. The summed E-state index contributed by atoms with van der Waals surface area (Å²) >= 11 is 0. The second-order valence-electron chi connectivity index (χ2n) is 3.05. The van der Waals surface area contributed by atoms with Crippen LogP contribution in [-0.2, 0) is 0 Å². The largest absolute Gasteiger partial charge is 0.345 e. The van der Waals surface area contributed by atoms with Crippen molar-refractivity contribution in [2.24, 2.45) is 5.73 Å². The molecule has 0 fully saturated rings. The molecule has 1 rings (SSSR count). The average molecular weight is 179 g/mol. The molecule has 1 heterocycles. The average Bonchev–Trinajstić information content (AvgIpc) is 2.63. The van der Waals surface area contributed by atoms with E-state index in [0.717, 1.165) is 25.1 Å². The summed E-state index contributed by atoms with van der Waals surface area (Å²) in [6.07, 6.45) is 12.5. The summed E-state index contributed by atoms with van der Waals surface area (Å²) in [5.74, 6) is 0. The van der Waals surface area contributed by atoms with Crippen molar-refractivity contribution in [3.63, 3.8) is 0 Å². The summed E-state index contributed by atoms with van der Waals surface area (Å²) in [5, 5.41) is 0. The van der Waals surface area contributed by atoms with Crippen LogP contribution in [-0.4, -0.2) is 16.5 Å². The zero-order valence-electron chi connectivity index (χ0n) is 7.87. The van der Waals surface area contributed by atoms with E-state index in [1.165, 1.54) is 12.8 Å². The number of allylic oxidation sites excluding steroid dienone is 1. The SMILES string of the molecule is NCCCCC/C=C/c1cnc[nH]1. The van der Waals surface area contributed by atoms with Gasteiger partial charge in [0.15, 0.2) is 0 Å². The molecule has 3 N–H and O–H groups in total. The summed E-state index contributed by atoms with van der Waals surface area (Å²) in [4.78, 5) is 6.95. The van der Waals surface area contributed by atoms with E-state index >= 15 is 0 Å². The number of nitrogens with zero attached hydrogens (tertiary/aromatic N) is 1. The maximum atomic E-state index is 5.39. The number of hydrogen-bond donors (Lipinski definition) is 2. The molecule has 0 amide bonds. The third-order valence-electron chi connectivity index (χ3n) is 1.89. The quantitative estimate of drug-likeness (QED) is 0.656. The Kier molecular flexibility index (Phi) is 4.94. The summed E-state index contributed by atoms with van der Waals surface area (Å²) in [6, 6.07) is 0. The topological polar surface area (TPSA) is 54.7 Å². The molecule has 72 valence electrons. The first kappa shape index (κ1) is 9.99. The molecule has 0 atom stereocenters. The van der Waals surface area contributed by atoms with E-state index in [0.29, 0.717) is 0 Å². The third-order valence-corrected chi connectivity index (χ3v) is 1.89. The molecule has 0 aliphatic heterocycles. The standard InChI is InChI=1S/C10H17N3/c11-7-5-3-1-2-4-6-10-8-12-9-13-10/h4,6,8-9H,1-3,5,7,11H2,(H,12,13)/b6-4+. The first-order chi connectivity index (χ1) is 6.43. The van der Waals surface area contributed by atoms with E-state index < -0.39 is 0 Å². The summed E-state index contributed by atoms with van der Waals surface area (Å²) < 4.78 is 0. The Hall–Kier alpha value is -1.09. The van der Waals surface area contributed by atoms with E-state index in [4.69, 9.17) is 5.73 Å². The molecule has 1 aromatic rings. The highest BCUT2D eigenvalue weighted by molar-refractivity contribution is 5.42. The predicted octanol–water partition coefficient (Wildman–Crippen LogP) is 1.94. The van der Waals surface area contributed by atoms with Gasteiger partial charge in [-0.2, -0.15) is 0 Å². The molecule has 0 saturated heterocycles. The highest BCUT2D eigenvalue weighted by atomic mass is 14.8. The maximum absolute atomic E-state index is 5.39. The summed E-state index contributed by atoms with van der Waals surface area (Å²) in [7, 11) is 0. The molecule has 0 aliphatic rings. The molecule has 3 heteroatoms. The molecule has 0 unspecified atom stereocenters. The van der Waals surface area contributed by atoms with Gasteiger partial charge in [0, 0.05) is 0 Å². The van der Waals surface area contributed by atoms with E-state index in [-0.39, 0.29) is 0 Å². The maximum Gasteiger partial charge on any atom is 0.0924 e. The molecule has 0 aromatic carbocycles. The van der Waals surface area contributed by atoms with Crippen molar-refractivity contribution in [1.82, 2.24) is 9.97 Å². The minimum atomic E-state index is 0.810. The smallest absolute Gasteiger partial charge is 0.0924 e. The highest BCUT2D eigenvalue weighted by Crippen LogP contribution is 2.02. The number of nitrogens with two attached hydrogens (primary N) is 1. The first-order valence-electron chi connectivity index (χ1n) is 4.78. The van der Waals surface area contributed by atoms with Gasteiger partial charge in [0.2, 0.25) is 0 Å². The Morgan fingerprint density at radius 3 is 3.00 bits per heavy atom. The van der Waals surface area contributed by atoms with Crippen molar-refractivity contribution in [3.8, 4) is 0 Å². The van der Waals surface area contributed by atoms with Crippen LogP contribution in [0.4, 0.5) is 0 Å². The van der Waals surface area contributed by atoms with Crippen molar-refractivity contribution < 1.29 is 0 Å². The number of imidazole rings is 1. The van der Waals surface area contributed by atoms with Crippen LogP contribution in [0.1, 0.15) is 31.4 Å². The van der Waals surface area contributed by atoms with Gasteiger partial charge in [-0.05, 0) is 31.9 Å². The zero-order valence-corrected chi connectivity index (χ0v) is 7.87. The Morgan fingerprint density at radius 1 is 1.38 bits per heavy atom. The lowest BCUT2D eigenvalue weighted by Crippen LogP contribution is -1.97. The van der Waals surface area contributed by atoms with E-state index in [9.17, 15) is 0 Å². The van der Waals surface area contributed by atoms with Crippen LogP contribution in [0.25, 0.3) is 6.08 Å². The van der Waals surface area contributed by atoms with Crippen LogP contribution in [0.15, 0.2) is 18.6 Å². The number of nitrogens with one attached hydrogen (secondary N) is 1. The fourth-order valence-electron chi connectivity index (χ4n) is 1.15. The number of aromatic amines is 1. The molecular weight excluding hydrogens is 162 g/mol. The van der Waals surface area contributed by atoms with E-state index in [1.54, 1.807) is 6.33 Å². The molecule has 0 spiro atoms. The van der Waals surface area contributed by atoms with Crippen LogP contribution in [0.5, 0.6) is 0 Å². The van der Waals surface area contributed by atoms with Gasteiger partial charge in [-0.3, -0.25) is 0 Å². The second kappa shape index (κ2) is 6.43. The zero-order chi connectivity index (χ0) is 9.36. The second-order valence-corrected chi connectivity index (χ2v) is 3.05. The molecule has 1 aromatic heterocycles. The Bertz CT molecular complexity index is 226.